The van der Waals surface area contributed by atoms with E-state index in [-0.39, 0.29) is 0 Å². The zero-order valence-electron chi connectivity index (χ0n) is 15.3. The van der Waals surface area contributed by atoms with Crippen molar-refractivity contribution >= 4 is 11.6 Å². The van der Waals surface area contributed by atoms with Crippen molar-refractivity contribution in [2.75, 3.05) is 18.0 Å². The second-order valence-electron chi connectivity index (χ2n) is 7.51. The van der Waals surface area contributed by atoms with Crippen molar-refractivity contribution in [3.8, 4) is 0 Å². The molecule has 7 nitrogen and oxygen atoms in total. The van der Waals surface area contributed by atoms with Crippen LogP contribution in [0.2, 0.25) is 0 Å². The Balaban J connectivity index is 1.38. The molecule has 2 aliphatic rings. The summed E-state index contributed by atoms with van der Waals surface area (Å²) in [5.74, 6) is 2.25. The summed E-state index contributed by atoms with van der Waals surface area (Å²) in [5, 5.41) is 13.7. The Kier molecular flexibility index (Phi) is 3.62. The molecule has 5 rings (SSSR count). The first-order valence-corrected chi connectivity index (χ1v) is 9.49. The van der Waals surface area contributed by atoms with Gasteiger partial charge in [0, 0.05) is 30.4 Å². The van der Waals surface area contributed by atoms with Crippen LogP contribution in [0.15, 0.2) is 12.1 Å². The van der Waals surface area contributed by atoms with Crippen LogP contribution in [0.1, 0.15) is 53.7 Å². The Bertz CT molecular complexity index is 949. The Morgan fingerprint density at radius 2 is 1.73 bits per heavy atom. The molecular formula is C19H23N7. The van der Waals surface area contributed by atoms with Crippen LogP contribution in [0, 0.1) is 13.8 Å². The normalized spacial score (nSPS) is 17.8. The minimum absolute atomic E-state index is 0.388. The van der Waals surface area contributed by atoms with Gasteiger partial charge in [-0.1, -0.05) is 0 Å². The number of piperidine rings is 1. The third-order valence-corrected chi connectivity index (χ3v) is 5.56. The SMILES string of the molecule is Cc1cc(C)nc(N2CCC(c3nnc4cc5c(nn34)CCC5)CC2)n1. The lowest BCUT2D eigenvalue weighted by Crippen LogP contribution is -2.35. The van der Waals surface area contributed by atoms with Gasteiger partial charge in [0.15, 0.2) is 11.5 Å². The molecule has 134 valence electrons. The Hall–Kier alpha value is -2.57. The van der Waals surface area contributed by atoms with E-state index in [0.717, 1.165) is 67.6 Å². The maximum absolute atomic E-state index is 4.84. The third-order valence-electron chi connectivity index (χ3n) is 5.56. The first kappa shape index (κ1) is 15.7. The zero-order chi connectivity index (χ0) is 17.7. The quantitative estimate of drug-likeness (QED) is 0.707. The largest absolute Gasteiger partial charge is 0.341 e. The number of hydrogen-bond acceptors (Lipinski definition) is 6. The Labute approximate surface area is 152 Å². The first-order valence-electron chi connectivity index (χ1n) is 9.49. The molecule has 26 heavy (non-hydrogen) atoms. The van der Waals surface area contributed by atoms with Gasteiger partial charge in [0.05, 0.1) is 5.69 Å². The Morgan fingerprint density at radius 3 is 2.50 bits per heavy atom. The van der Waals surface area contributed by atoms with Crippen LogP contribution >= 0.6 is 0 Å². The maximum Gasteiger partial charge on any atom is 0.225 e. The lowest BCUT2D eigenvalue weighted by atomic mass is 9.96. The molecule has 0 N–H and O–H groups in total. The van der Waals surface area contributed by atoms with Crippen molar-refractivity contribution in [1.82, 2.24) is 29.8 Å². The van der Waals surface area contributed by atoms with Crippen LogP contribution in [0.25, 0.3) is 5.65 Å². The standard InChI is InChI=1S/C19H23N7/c1-12-10-13(2)21-19(20-12)25-8-6-14(7-9-25)18-23-22-17-11-15-4-3-5-16(15)24-26(17)18/h10-11,14H,3-9H2,1-2H3. The first-order chi connectivity index (χ1) is 12.7. The van der Waals surface area contributed by atoms with Gasteiger partial charge in [0.2, 0.25) is 5.95 Å². The highest BCUT2D eigenvalue weighted by Gasteiger charge is 2.27. The Morgan fingerprint density at radius 1 is 0.962 bits per heavy atom. The third kappa shape index (κ3) is 2.62. The number of aromatic nitrogens is 6. The molecular weight excluding hydrogens is 326 g/mol. The molecule has 3 aromatic rings. The summed E-state index contributed by atoms with van der Waals surface area (Å²) < 4.78 is 1.98. The lowest BCUT2D eigenvalue weighted by Gasteiger charge is -2.31. The van der Waals surface area contributed by atoms with Crippen LogP contribution < -0.4 is 4.90 Å². The molecule has 7 heteroatoms. The van der Waals surface area contributed by atoms with Gasteiger partial charge in [-0.25, -0.2) is 9.97 Å². The van der Waals surface area contributed by atoms with Crippen LogP contribution in [-0.2, 0) is 12.8 Å². The van der Waals surface area contributed by atoms with Gasteiger partial charge in [0.1, 0.15) is 0 Å². The van der Waals surface area contributed by atoms with E-state index in [1.807, 2.05) is 24.4 Å². The summed E-state index contributed by atoms with van der Waals surface area (Å²) >= 11 is 0. The number of anilines is 1. The molecule has 0 spiro atoms. The predicted octanol–water partition coefficient (Wildman–Crippen LogP) is 2.40. The van der Waals surface area contributed by atoms with Crippen LogP contribution in [0.5, 0.6) is 0 Å². The van der Waals surface area contributed by atoms with E-state index in [2.05, 4.69) is 31.1 Å². The van der Waals surface area contributed by atoms with Crippen LogP contribution in [0.3, 0.4) is 0 Å². The van der Waals surface area contributed by atoms with E-state index in [4.69, 9.17) is 5.10 Å². The molecule has 1 aliphatic carbocycles. The highest BCUT2D eigenvalue weighted by molar-refractivity contribution is 5.43. The van der Waals surface area contributed by atoms with E-state index in [0.29, 0.717) is 5.92 Å². The minimum atomic E-state index is 0.388. The van der Waals surface area contributed by atoms with Crippen molar-refractivity contribution in [2.24, 2.45) is 0 Å². The fraction of sp³-hybridized carbons (Fsp3) is 0.526. The smallest absolute Gasteiger partial charge is 0.225 e. The van der Waals surface area contributed by atoms with E-state index in [1.54, 1.807) is 0 Å². The average Bonchev–Trinajstić information content (AvgIpc) is 3.25. The van der Waals surface area contributed by atoms with Crippen molar-refractivity contribution < 1.29 is 0 Å². The molecule has 0 atom stereocenters. The number of aryl methyl sites for hydroxylation is 4. The van der Waals surface area contributed by atoms with Crippen molar-refractivity contribution in [1.29, 1.82) is 0 Å². The monoisotopic (exact) mass is 349 g/mol. The highest BCUT2D eigenvalue weighted by atomic mass is 15.4. The molecule has 1 fully saturated rings. The zero-order valence-corrected chi connectivity index (χ0v) is 15.3. The number of rotatable bonds is 2. The van der Waals surface area contributed by atoms with E-state index < -0.39 is 0 Å². The van der Waals surface area contributed by atoms with E-state index in [1.165, 1.54) is 17.7 Å². The molecule has 0 saturated carbocycles. The molecule has 3 aromatic heterocycles. The molecule has 1 aliphatic heterocycles. The summed E-state index contributed by atoms with van der Waals surface area (Å²) in [7, 11) is 0. The molecule has 0 unspecified atom stereocenters. The van der Waals surface area contributed by atoms with E-state index in [9.17, 15) is 0 Å². The second kappa shape index (κ2) is 6.00. The number of nitrogens with zero attached hydrogens (tertiary/aromatic N) is 7. The maximum atomic E-state index is 4.84. The van der Waals surface area contributed by atoms with Gasteiger partial charge < -0.3 is 4.90 Å². The fourth-order valence-electron chi connectivity index (χ4n) is 4.24. The molecule has 1 saturated heterocycles. The van der Waals surface area contributed by atoms with Crippen LogP contribution in [-0.4, -0.2) is 42.9 Å². The van der Waals surface area contributed by atoms with Crippen molar-refractivity contribution in [3.05, 3.63) is 40.6 Å². The minimum Gasteiger partial charge on any atom is -0.341 e. The van der Waals surface area contributed by atoms with Gasteiger partial charge in [-0.15, -0.1) is 10.2 Å². The van der Waals surface area contributed by atoms with Gasteiger partial charge in [-0.3, -0.25) is 0 Å². The summed E-state index contributed by atoms with van der Waals surface area (Å²) in [4.78, 5) is 11.5. The van der Waals surface area contributed by atoms with Gasteiger partial charge in [-0.05, 0) is 63.6 Å². The van der Waals surface area contributed by atoms with Crippen molar-refractivity contribution in [3.63, 3.8) is 0 Å². The summed E-state index contributed by atoms with van der Waals surface area (Å²) in [6.07, 6.45) is 5.44. The lowest BCUT2D eigenvalue weighted by molar-refractivity contribution is 0.471. The topological polar surface area (TPSA) is 72.1 Å². The summed E-state index contributed by atoms with van der Waals surface area (Å²) in [5.41, 5.74) is 5.51. The van der Waals surface area contributed by atoms with Gasteiger partial charge >= 0.3 is 0 Å². The fourth-order valence-corrected chi connectivity index (χ4v) is 4.24. The van der Waals surface area contributed by atoms with Crippen molar-refractivity contribution in [2.45, 2.75) is 51.9 Å². The molecule has 0 bridgehead atoms. The predicted molar refractivity (Wildman–Crippen MR) is 98.5 cm³/mol. The van der Waals surface area contributed by atoms with E-state index >= 15 is 0 Å². The van der Waals surface area contributed by atoms with Gasteiger partial charge in [-0.2, -0.15) is 9.61 Å². The van der Waals surface area contributed by atoms with Crippen LogP contribution in [0.4, 0.5) is 5.95 Å². The van der Waals surface area contributed by atoms with Gasteiger partial charge in [0.25, 0.3) is 0 Å². The molecule has 0 aromatic carbocycles. The highest BCUT2D eigenvalue weighted by Crippen LogP contribution is 2.29. The molecule has 4 heterocycles. The summed E-state index contributed by atoms with van der Waals surface area (Å²) in [6.45, 7) is 5.93. The molecule has 0 amide bonds. The average molecular weight is 349 g/mol. The summed E-state index contributed by atoms with van der Waals surface area (Å²) in [6, 6.07) is 4.19. The molecule has 0 radical (unpaired) electrons. The second-order valence-corrected chi connectivity index (χ2v) is 7.51. The number of fused-ring (bicyclic) bond motifs is 2. The number of hydrogen-bond donors (Lipinski definition) is 0.